The third-order valence-electron chi connectivity index (χ3n) is 13.6. The summed E-state index contributed by atoms with van der Waals surface area (Å²) in [6, 6.07) is 0. The van der Waals surface area contributed by atoms with Gasteiger partial charge in [0.15, 0.2) is 0 Å². The summed E-state index contributed by atoms with van der Waals surface area (Å²) in [7, 11) is 0. The van der Waals surface area contributed by atoms with Gasteiger partial charge in [-0.15, -0.1) is 0 Å². The summed E-state index contributed by atoms with van der Waals surface area (Å²) in [4.78, 5) is 0. The zero-order valence-electron chi connectivity index (χ0n) is 22.0. The van der Waals surface area contributed by atoms with Crippen molar-refractivity contribution in [1.82, 2.24) is 0 Å². The molecule has 2 unspecified atom stereocenters. The second kappa shape index (κ2) is 6.87. The molecular formula is C30H50O2. The van der Waals surface area contributed by atoms with Crippen molar-refractivity contribution in [2.24, 2.45) is 56.7 Å². The quantitative estimate of drug-likeness (QED) is 0.429. The molecule has 5 rings (SSSR count). The predicted molar refractivity (Wildman–Crippen MR) is 132 cm³/mol. The highest BCUT2D eigenvalue weighted by Gasteiger charge is 2.71. The lowest BCUT2D eigenvalue weighted by atomic mass is 9.32. The molecule has 0 aromatic carbocycles. The van der Waals surface area contributed by atoms with Crippen LogP contribution in [0.5, 0.6) is 0 Å². The summed E-state index contributed by atoms with van der Waals surface area (Å²) in [5.74, 6) is 3.22. The van der Waals surface area contributed by atoms with Crippen molar-refractivity contribution in [3.63, 3.8) is 0 Å². The lowest BCUT2D eigenvalue weighted by molar-refractivity contribution is -0.273. The molecule has 2 N–H and O–H groups in total. The predicted octanol–water partition coefficient (Wildman–Crippen LogP) is 7.00. The van der Waals surface area contributed by atoms with Gasteiger partial charge >= 0.3 is 0 Å². The van der Waals surface area contributed by atoms with Crippen molar-refractivity contribution in [2.75, 3.05) is 0 Å². The Morgan fingerprint density at radius 1 is 0.750 bits per heavy atom. The van der Waals surface area contributed by atoms with Crippen molar-refractivity contribution >= 4 is 0 Å². The molecule has 5 saturated carbocycles. The molecular weight excluding hydrogens is 392 g/mol. The van der Waals surface area contributed by atoms with Gasteiger partial charge in [0.05, 0.1) is 12.2 Å². The van der Waals surface area contributed by atoms with Gasteiger partial charge < -0.3 is 10.2 Å². The largest absolute Gasteiger partial charge is 0.392 e. The van der Waals surface area contributed by atoms with E-state index in [2.05, 4.69) is 55.0 Å². The number of fused-ring (bicyclic) bond motifs is 7. The molecule has 0 spiro atoms. The SMILES string of the molecule is C=C(C)[C@@H]1CC[C@]2(C)CC[C@]3(C)[C@H](CC[C@@H]4[C@@]5(C)C(O)CC(O)C(C)(C)[C@@H]5CC[C@]43C)[C@@H]12. The van der Waals surface area contributed by atoms with Crippen molar-refractivity contribution in [3.05, 3.63) is 12.2 Å². The zero-order valence-corrected chi connectivity index (χ0v) is 22.0. The van der Waals surface area contributed by atoms with E-state index >= 15 is 0 Å². The summed E-state index contributed by atoms with van der Waals surface area (Å²) in [6.45, 7) is 21.6. The molecule has 0 bridgehead atoms. The van der Waals surface area contributed by atoms with E-state index in [0.717, 1.165) is 18.3 Å². The van der Waals surface area contributed by atoms with Crippen LogP contribution in [0, 0.1) is 56.7 Å². The number of aliphatic hydroxyl groups is 2. The molecule has 11 atom stereocenters. The molecule has 0 aromatic rings. The molecule has 0 aromatic heterocycles. The smallest absolute Gasteiger partial charge is 0.0624 e. The Morgan fingerprint density at radius 2 is 1.44 bits per heavy atom. The maximum atomic E-state index is 11.5. The van der Waals surface area contributed by atoms with Gasteiger partial charge in [-0.25, -0.2) is 0 Å². The van der Waals surface area contributed by atoms with E-state index in [9.17, 15) is 10.2 Å². The average Bonchev–Trinajstić information content (AvgIpc) is 3.05. The maximum Gasteiger partial charge on any atom is 0.0624 e. The van der Waals surface area contributed by atoms with Crippen LogP contribution in [-0.2, 0) is 0 Å². The zero-order chi connectivity index (χ0) is 23.5. The van der Waals surface area contributed by atoms with Gasteiger partial charge in [-0.3, -0.25) is 0 Å². The van der Waals surface area contributed by atoms with E-state index in [0.29, 0.717) is 35.0 Å². The van der Waals surface area contributed by atoms with E-state index in [4.69, 9.17) is 0 Å². The van der Waals surface area contributed by atoms with Crippen LogP contribution < -0.4 is 0 Å². The molecule has 0 radical (unpaired) electrons. The first-order valence-electron chi connectivity index (χ1n) is 13.7. The fraction of sp³-hybridized carbons (Fsp3) is 0.933. The van der Waals surface area contributed by atoms with Gasteiger partial charge in [0.1, 0.15) is 0 Å². The van der Waals surface area contributed by atoms with E-state index in [-0.39, 0.29) is 22.3 Å². The molecule has 32 heavy (non-hydrogen) atoms. The minimum Gasteiger partial charge on any atom is -0.392 e. The first-order chi connectivity index (χ1) is 14.7. The van der Waals surface area contributed by atoms with Crippen LogP contribution in [0.15, 0.2) is 12.2 Å². The van der Waals surface area contributed by atoms with Crippen LogP contribution in [0.4, 0.5) is 0 Å². The summed E-state index contributed by atoms with van der Waals surface area (Å²) in [6.07, 6.45) is 10.2. The molecule has 5 aliphatic carbocycles. The molecule has 2 nitrogen and oxygen atoms in total. The molecule has 0 aliphatic heterocycles. The fourth-order valence-electron chi connectivity index (χ4n) is 11.4. The minimum atomic E-state index is -0.392. The topological polar surface area (TPSA) is 40.5 Å². The Labute approximate surface area is 197 Å². The molecule has 182 valence electrons. The number of hydrogen-bond acceptors (Lipinski definition) is 2. The lowest BCUT2D eigenvalue weighted by Gasteiger charge is -2.73. The highest BCUT2D eigenvalue weighted by atomic mass is 16.3. The van der Waals surface area contributed by atoms with E-state index < -0.39 is 6.10 Å². The molecule has 2 heteroatoms. The highest BCUT2D eigenvalue weighted by Crippen LogP contribution is 2.77. The fourth-order valence-corrected chi connectivity index (χ4v) is 11.4. The summed E-state index contributed by atoms with van der Waals surface area (Å²) >= 11 is 0. The van der Waals surface area contributed by atoms with Crippen molar-refractivity contribution in [1.29, 1.82) is 0 Å². The molecule has 5 fully saturated rings. The van der Waals surface area contributed by atoms with Crippen LogP contribution in [0.3, 0.4) is 0 Å². The van der Waals surface area contributed by atoms with Gasteiger partial charge in [-0.1, -0.05) is 53.7 Å². The first-order valence-corrected chi connectivity index (χ1v) is 13.7. The average molecular weight is 443 g/mol. The third kappa shape index (κ3) is 2.61. The van der Waals surface area contributed by atoms with E-state index in [1.807, 2.05) is 0 Å². The highest BCUT2D eigenvalue weighted by molar-refractivity contribution is 5.22. The second-order valence-corrected chi connectivity index (χ2v) is 14.8. The first kappa shape index (κ1) is 23.4. The Hall–Kier alpha value is -0.340. The van der Waals surface area contributed by atoms with Gasteiger partial charge in [0.2, 0.25) is 0 Å². The standard InChI is InChI=1S/C30H50O2/c1-18(2)19-11-13-27(5)15-16-28(6)20(25(19)27)9-10-22-29(28,7)14-12-21-26(3,4)23(31)17-24(32)30(21,22)8/h19-25,31-32H,1,9-17H2,2-8H3/t19-,20+,21-,22-,23?,24?,25+,27+,28+,29+,30-/m0/s1. The second-order valence-electron chi connectivity index (χ2n) is 14.8. The van der Waals surface area contributed by atoms with Crippen molar-refractivity contribution < 1.29 is 10.2 Å². The number of hydrogen-bond donors (Lipinski definition) is 2. The lowest BCUT2D eigenvalue weighted by Crippen LogP contribution is -2.69. The molecule has 5 aliphatic rings. The Morgan fingerprint density at radius 3 is 2.09 bits per heavy atom. The van der Waals surface area contributed by atoms with Crippen LogP contribution in [0.1, 0.15) is 106 Å². The molecule has 0 saturated heterocycles. The Bertz CT molecular complexity index is 801. The Balaban J connectivity index is 1.57. The monoisotopic (exact) mass is 442 g/mol. The molecule has 0 heterocycles. The van der Waals surface area contributed by atoms with Crippen LogP contribution in [0.2, 0.25) is 0 Å². The number of allylic oxidation sites excluding steroid dienone is 1. The van der Waals surface area contributed by atoms with Gasteiger partial charge in [-0.05, 0) is 110 Å². The molecule has 0 amide bonds. The van der Waals surface area contributed by atoms with Crippen molar-refractivity contribution in [2.45, 2.75) is 118 Å². The van der Waals surface area contributed by atoms with Gasteiger partial charge in [-0.2, -0.15) is 0 Å². The third-order valence-corrected chi connectivity index (χ3v) is 13.6. The number of aliphatic hydroxyl groups excluding tert-OH is 2. The van der Waals surface area contributed by atoms with E-state index in [1.165, 1.54) is 50.5 Å². The summed E-state index contributed by atoms with van der Waals surface area (Å²) < 4.78 is 0. The van der Waals surface area contributed by atoms with Crippen LogP contribution in [-0.4, -0.2) is 22.4 Å². The number of rotatable bonds is 1. The summed E-state index contributed by atoms with van der Waals surface area (Å²) in [5, 5.41) is 22.4. The van der Waals surface area contributed by atoms with E-state index in [1.54, 1.807) is 0 Å². The van der Waals surface area contributed by atoms with Gasteiger partial charge in [0.25, 0.3) is 0 Å². The maximum absolute atomic E-state index is 11.5. The van der Waals surface area contributed by atoms with Crippen LogP contribution in [0.25, 0.3) is 0 Å². The van der Waals surface area contributed by atoms with Crippen LogP contribution >= 0.6 is 0 Å². The Kier molecular flexibility index (Phi) is 5.02. The van der Waals surface area contributed by atoms with Gasteiger partial charge in [0, 0.05) is 11.8 Å². The summed E-state index contributed by atoms with van der Waals surface area (Å²) in [5.41, 5.74) is 2.32. The normalized spacial score (nSPS) is 58.8. The minimum absolute atomic E-state index is 0.0894. The van der Waals surface area contributed by atoms with Crippen molar-refractivity contribution in [3.8, 4) is 0 Å².